The lowest BCUT2D eigenvalue weighted by Gasteiger charge is -2.16. The Kier molecular flexibility index (Phi) is 9.30. The first kappa shape index (κ1) is 21.2. The van der Waals surface area contributed by atoms with Crippen LogP contribution in [0, 0.1) is 0 Å². The number of halogens is 1. The van der Waals surface area contributed by atoms with Crippen LogP contribution in [0.15, 0.2) is 16.6 Å². The van der Waals surface area contributed by atoms with Crippen LogP contribution in [0.25, 0.3) is 0 Å². The lowest BCUT2D eigenvalue weighted by Crippen LogP contribution is -2.37. The van der Waals surface area contributed by atoms with Gasteiger partial charge in [0.1, 0.15) is 0 Å². The number of amides is 1. The molecule has 25 heavy (non-hydrogen) atoms. The number of esters is 1. The monoisotopic (exact) mass is 417 g/mol. The summed E-state index contributed by atoms with van der Waals surface area (Å²) in [6.07, 6.45) is -0.0834. The van der Waals surface area contributed by atoms with Crippen molar-refractivity contribution in [3.05, 3.63) is 22.2 Å². The molecule has 1 N–H and O–H groups in total. The van der Waals surface area contributed by atoms with Crippen LogP contribution >= 0.6 is 15.9 Å². The molecule has 0 fully saturated rings. The van der Waals surface area contributed by atoms with Gasteiger partial charge in [0, 0.05) is 13.7 Å². The van der Waals surface area contributed by atoms with Gasteiger partial charge in [0.05, 0.1) is 30.4 Å². The normalized spacial score (nSPS) is 11.6. The first-order valence-corrected chi connectivity index (χ1v) is 8.71. The first-order chi connectivity index (χ1) is 11.9. The molecule has 7 nitrogen and oxygen atoms in total. The van der Waals surface area contributed by atoms with E-state index in [0.717, 1.165) is 6.42 Å². The number of methoxy groups -OCH3 is 2. The predicted octanol–water partition coefficient (Wildman–Crippen LogP) is 2.55. The van der Waals surface area contributed by atoms with Gasteiger partial charge < -0.3 is 24.3 Å². The van der Waals surface area contributed by atoms with E-state index in [1.54, 1.807) is 6.07 Å². The largest absolute Gasteiger partial charge is 0.493 e. The van der Waals surface area contributed by atoms with Crippen molar-refractivity contribution in [1.29, 1.82) is 0 Å². The van der Waals surface area contributed by atoms with E-state index < -0.39 is 12.1 Å². The van der Waals surface area contributed by atoms with Gasteiger partial charge in [-0.25, -0.2) is 4.79 Å². The highest BCUT2D eigenvalue weighted by Gasteiger charge is 2.21. The van der Waals surface area contributed by atoms with Gasteiger partial charge in [-0.2, -0.15) is 0 Å². The molecule has 0 aliphatic carbocycles. The number of nitrogens with one attached hydrogen (secondary N) is 1. The maximum Gasteiger partial charge on any atom is 0.339 e. The summed E-state index contributed by atoms with van der Waals surface area (Å²) in [5.41, 5.74) is 0.254. The van der Waals surface area contributed by atoms with E-state index in [2.05, 4.69) is 21.2 Å². The van der Waals surface area contributed by atoms with Crippen molar-refractivity contribution in [3.63, 3.8) is 0 Å². The predicted molar refractivity (Wildman–Crippen MR) is 96.2 cm³/mol. The second-order valence-electron chi connectivity index (χ2n) is 5.17. The number of rotatable bonds is 10. The molecule has 0 bridgehead atoms. The summed E-state index contributed by atoms with van der Waals surface area (Å²) in [5, 5.41) is 2.61. The number of ether oxygens (including phenoxy) is 4. The van der Waals surface area contributed by atoms with Crippen LogP contribution in [-0.4, -0.2) is 52.0 Å². The zero-order valence-corrected chi connectivity index (χ0v) is 16.5. The van der Waals surface area contributed by atoms with Crippen molar-refractivity contribution in [1.82, 2.24) is 5.32 Å². The van der Waals surface area contributed by atoms with E-state index in [1.165, 1.54) is 27.2 Å². The molecule has 0 unspecified atom stereocenters. The molecule has 0 aliphatic rings. The average molecular weight is 418 g/mol. The number of hydrogen-bond donors (Lipinski definition) is 1. The summed E-state index contributed by atoms with van der Waals surface area (Å²) in [4.78, 5) is 24.1. The smallest absolute Gasteiger partial charge is 0.339 e. The molecule has 140 valence electrons. The molecule has 0 aromatic heterocycles. The van der Waals surface area contributed by atoms with E-state index in [0.29, 0.717) is 35.7 Å². The molecule has 0 saturated carbocycles. The number of benzene rings is 1. The van der Waals surface area contributed by atoms with Crippen molar-refractivity contribution in [2.24, 2.45) is 0 Å². The molecule has 1 atom stereocenters. The molecule has 0 aliphatic heterocycles. The average Bonchev–Trinajstić information content (AvgIpc) is 2.59. The van der Waals surface area contributed by atoms with Gasteiger partial charge in [-0.3, -0.25) is 4.79 Å². The summed E-state index contributed by atoms with van der Waals surface area (Å²) >= 11 is 3.37. The fraction of sp³-hybridized carbons (Fsp3) is 0.529. The van der Waals surface area contributed by atoms with Crippen molar-refractivity contribution < 1.29 is 28.5 Å². The lowest BCUT2D eigenvalue weighted by molar-refractivity contribution is -0.129. The van der Waals surface area contributed by atoms with Gasteiger partial charge in [-0.05, 0) is 41.4 Å². The highest BCUT2D eigenvalue weighted by molar-refractivity contribution is 9.10. The van der Waals surface area contributed by atoms with Crippen LogP contribution < -0.4 is 14.8 Å². The third-order valence-electron chi connectivity index (χ3n) is 3.17. The minimum Gasteiger partial charge on any atom is -0.493 e. The molecule has 1 aromatic carbocycles. The minimum atomic E-state index is -0.926. The molecule has 8 heteroatoms. The summed E-state index contributed by atoms with van der Waals surface area (Å²) in [5.74, 6) is -0.0898. The Balaban J connectivity index is 2.81. The number of carbonyl (C=O) groups is 2. The van der Waals surface area contributed by atoms with E-state index in [1.807, 2.05) is 6.92 Å². The standard InChI is InChI=1S/C17H24BrNO6/c1-5-7-24-15-13(18)9-12(10-14(15)23-4)17(21)25-11(2)16(20)19-6-8-22-3/h9-11H,5-8H2,1-4H3,(H,19,20)/t11-/m0/s1. The van der Waals surface area contributed by atoms with E-state index >= 15 is 0 Å². The quantitative estimate of drug-likeness (QED) is 0.465. The second kappa shape index (κ2) is 10.9. The molecule has 1 aromatic rings. The second-order valence-corrected chi connectivity index (χ2v) is 6.02. The molecule has 0 saturated heterocycles. The summed E-state index contributed by atoms with van der Waals surface area (Å²) in [7, 11) is 3.02. The Bertz CT molecular complexity index is 593. The SMILES string of the molecule is CCCOc1c(Br)cc(C(=O)O[C@@H](C)C(=O)NCCOC)cc1OC. The Morgan fingerprint density at radius 2 is 1.96 bits per heavy atom. The van der Waals surface area contributed by atoms with Gasteiger partial charge in [0.15, 0.2) is 17.6 Å². The Hall–Kier alpha value is -1.80. The van der Waals surface area contributed by atoms with Crippen molar-refractivity contribution in [2.45, 2.75) is 26.4 Å². The van der Waals surface area contributed by atoms with Gasteiger partial charge in [-0.1, -0.05) is 6.92 Å². The molecule has 1 amide bonds. The third kappa shape index (κ3) is 6.55. The maximum absolute atomic E-state index is 12.3. The van der Waals surface area contributed by atoms with E-state index in [-0.39, 0.29) is 11.5 Å². The molecule has 0 heterocycles. The van der Waals surface area contributed by atoms with Crippen LogP contribution in [0.5, 0.6) is 11.5 Å². The molecular weight excluding hydrogens is 394 g/mol. The lowest BCUT2D eigenvalue weighted by atomic mass is 10.2. The molecule has 0 radical (unpaired) electrons. The molecule has 0 spiro atoms. The van der Waals surface area contributed by atoms with Crippen molar-refractivity contribution in [2.75, 3.05) is 34.0 Å². The van der Waals surface area contributed by atoms with E-state index in [9.17, 15) is 9.59 Å². The Morgan fingerprint density at radius 3 is 2.56 bits per heavy atom. The number of carbonyl (C=O) groups excluding carboxylic acids is 2. The van der Waals surface area contributed by atoms with Crippen LogP contribution in [0.3, 0.4) is 0 Å². The highest BCUT2D eigenvalue weighted by atomic mass is 79.9. The molecule has 1 rings (SSSR count). The van der Waals surface area contributed by atoms with Gasteiger partial charge >= 0.3 is 5.97 Å². The van der Waals surface area contributed by atoms with Crippen molar-refractivity contribution in [3.8, 4) is 11.5 Å². The topological polar surface area (TPSA) is 83.1 Å². The zero-order chi connectivity index (χ0) is 18.8. The maximum atomic E-state index is 12.3. The van der Waals surface area contributed by atoms with Crippen LogP contribution in [0.2, 0.25) is 0 Å². The Labute approximate surface area is 156 Å². The van der Waals surface area contributed by atoms with E-state index in [4.69, 9.17) is 18.9 Å². The van der Waals surface area contributed by atoms with Crippen LogP contribution in [-0.2, 0) is 14.3 Å². The first-order valence-electron chi connectivity index (χ1n) is 7.92. The Morgan fingerprint density at radius 1 is 1.24 bits per heavy atom. The van der Waals surface area contributed by atoms with Crippen LogP contribution in [0.1, 0.15) is 30.6 Å². The summed E-state index contributed by atoms with van der Waals surface area (Å²) < 4.78 is 21.5. The fourth-order valence-electron chi connectivity index (χ4n) is 1.88. The van der Waals surface area contributed by atoms with Crippen LogP contribution in [0.4, 0.5) is 0 Å². The number of hydrogen-bond acceptors (Lipinski definition) is 6. The summed E-state index contributed by atoms with van der Waals surface area (Å²) in [6, 6.07) is 3.10. The van der Waals surface area contributed by atoms with Gasteiger partial charge in [0.25, 0.3) is 5.91 Å². The highest BCUT2D eigenvalue weighted by Crippen LogP contribution is 2.37. The van der Waals surface area contributed by atoms with Gasteiger partial charge in [-0.15, -0.1) is 0 Å². The fourth-order valence-corrected chi connectivity index (χ4v) is 2.44. The third-order valence-corrected chi connectivity index (χ3v) is 3.76. The molecular formula is C17H24BrNO6. The zero-order valence-electron chi connectivity index (χ0n) is 14.9. The van der Waals surface area contributed by atoms with Gasteiger partial charge in [0.2, 0.25) is 0 Å². The van der Waals surface area contributed by atoms with Crippen molar-refractivity contribution >= 4 is 27.8 Å². The minimum absolute atomic E-state index is 0.254. The summed E-state index contributed by atoms with van der Waals surface area (Å²) in [6.45, 7) is 4.75.